The standard InChI is InChI=1S/C29H35N5O4S/c1-16-15-31-24-21-13-18(5-8-23(21)39-25(24)27(36)32-16)26(35)33-19-6-7-20(22(30)14-19)17-9-11-34(12-10-17)28(37)38-29(2,3)4/h5-8,13-14,16-17,31H,9-12,15,30H2,1-4H3,(H,32,36)(H,33,35)/t16-/m1/s1. The lowest BCUT2D eigenvalue weighted by molar-refractivity contribution is 0.0205. The molecule has 0 radical (unpaired) electrons. The Kier molecular flexibility index (Phi) is 7.15. The molecule has 0 bridgehead atoms. The van der Waals surface area contributed by atoms with Crippen LogP contribution in [0.25, 0.3) is 10.1 Å². The molecule has 39 heavy (non-hydrogen) atoms. The van der Waals surface area contributed by atoms with Crippen LogP contribution in [0.3, 0.4) is 0 Å². The van der Waals surface area contributed by atoms with Crippen LogP contribution in [0.15, 0.2) is 36.4 Å². The first-order valence-corrected chi connectivity index (χ1v) is 14.1. The van der Waals surface area contributed by atoms with Crippen LogP contribution in [0.4, 0.5) is 21.9 Å². The number of rotatable bonds is 3. The number of hydrogen-bond acceptors (Lipinski definition) is 7. The molecule has 3 heterocycles. The number of amides is 3. The first kappa shape index (κ1) is 26.8. The van der Waals surface area contributed by atoms with E-state index in [1.807, 2.05) is 52.0 Å². The zero-order valence-corrected chi connectivity index (χ0v) is 23.5. The van der Waals surface area contributed by atoms with Crippen molar-refractivity contribution in [2.75, 3.05) is 36.0 Å². The number of benzene rings is 2. The highest BCUT2D eigenvalue weighted by Crippen LogP contribution is 2.38. The number of piperidine rings is 1. The second-order valence-electron chi connectivity index (χ2n) is 11.3. The second kappa shape index (κ2) is 10.4. The molecular formula is C29H35N5O4S. The number of carbonyl (C=O) groups excluding carboxylic acids is 3. The minimum absolute atomic E-state index is 0.0181. The summed E-state index contributed by atoms with van der Waals surface area (Å²) in [4.78, 5) is 40.4. The summed E-state index contributed by atoms with van der Waals surface area (Å²) in [5, 5.41) is 10.1. The highest BCUT2D eigenvalue weighted by Gasteiger charge is 2.28. The Hall–Kier alpha value is -3.79. The van der Waals surface area contributed by atoms with E-state index in [0.717, 1.165) is 34.2 Å². The topological polar surface area (TPSA) is 126 Å². The van der Waals surface area contributed by atoms with Gasteiger partial charge in [-0.1, -0.05) is 6.07 Å². The van der Waals surface area contributed by atoms with Gasteiger partial charge in [-0.05, 0) is 82.3 Å². The van der Waals surface area contributed by atoms with Gasteiger partial charge in [-0.25, -0.2) is 4.79 Å². The van der Waals surface area contributed by atoms with Gasteiger partial charge >= 0.3 is 6.09 Å². The summed E-state index contributed by atoms with van der Waals surface area (Å²) in [6.07, 6.45) is 1.31. The van der Waals surface area contributed by atoms with Crippen LogP contribution in [0.5, 0.6) is 0 Å². The van der Waals surface area contributed by atoms with Crippen molar-refractivity contribution in [2.24, 2.45) is 0 Å². The number of nitrogens with zero attached hydrogens (tertiary/aromatic N) is 1. The van der Waals surface area contributed by atoms with Crippen LogP contribution in [0.2, 0.25) is 0 Å². The lowest BCUT2D eigenvalue weighted by Crippen LogP contribution is -2.41. The molecule has 0 saturated carbocycles. The molecule has 1 atom stereocenters. The molecule has 9 nitrogen and oxygen atoms in total. The van der Waals surface area contributed by atoms with Gasteiger partial charge in [-0.3, -0.25) is 9.59 Å². The van der Waals surface area contributed by atoms with Crippen molar-refractivity contribution in [3.63, 3.8) is 0 Å². The average molecular weight is 550 g/mol. The molecule has 1 aromatic heterocycles. The van der Waals surface area contributed by atoms with E-state index in [-0.39, 0.29) is 29.9 Å². The van der Waals surface area contributed by atoms with E-state index >= 15 is 0 Å². The summed E-state index contributed by atoms with van der Waals surface area (Å²) in [6.45, 7) is 9.39. The van der Waals surface area contributed by atoms with E-state index in [4.69, 9.17) is 10.5 Å². The minimum Gasteiger partial charge on any atom is -0.444 e. The zero-order chi connectivity index (χ0) is 27.9. The number of nitrogen functional groups attached to an aromatic ring is 1. The Morgan fingerprint density at radius 2 is 1.87 bits per heavy atom. The van der Waals surface area contributed by atoms with E-state index in [0.29, 0.717) is 41.4 Å². The van der Waals surface area contributed by atoms with E-state index in [9.17, 15) is 14.4 Å². The SMILES string of the molecule is C[C@@H]1CNc2c(sc3ccc(C(=O)Nc4ccc(C5CCN(C(=O)OC(C)(C)C)CC5)c(N)c4)cc23)C(=O)N1. The van der Waals surface area contributed by atoms with Crippen LogP contribution < -0.4 is 21.7 Å². The normalized spacial score (nSPS) is 18.1. The van der Waals surface area contributed by atoms with Gasteiger partial charge in [0, 0.05) is 52.7 Å². The molecule has 10 heteroatoms. The van der Waals surface area contributed by atoms with Crippen molar-refractivity contribution in [3.8, 4) is 0 Å². The van der Waals surface area contributed by atoms with Crippen molar-refractivity contribution in [1.82, 2.24) is 10.2 Å². The molecule has 0 unspecified atom stereocenters. The predicted octanol–water partition coefficient (Wildman–Crippen LogP) is 5.39. The predicted molar refractivity (Wildman–Crippen MR) is 156 cm³/mol. The first-order chi connectivity index (χ1) is 18.5. The Morgan fingerprint density at radius 3 is 2.56 bits per heavy atom. The highest BCUT2D eigenvalue weighted by atomic mass is 32.1. The van der Waals surface area contributed by atoms with Crippen LogP contribution in [0, 0.1) is 0 Å². The van der Waals surface area contributed by atoms with Crippen LogP contribution in [-0.4, -0.2) is 54.1 Å². The molecule has 5 rings (SSSR count). The molecule has 3 aromatic rings. The van der Waals surface area contributed by atoms with Gasteiger partial charge in [0.15, 0.2) is 0 Å². The molecule has 5 N–H and O–H groups in total. The van der Waals surface area contributed by atoms with Gasteiger partial charge in [-0.2, -0.15) is 0 Å². The molecule has 0 spiro atoms. The summed E-state index contributed by atoms with van der Waals surface area (Å²) in [7, 11) is 0. The third-order valence-electron chi connectivity index (χ3n) is 7.05. The third-order valence-corrected chi connectivity index (χ3v) is 8.22. The quantitative estimate of drug-likeness (QED) is 0.325. The van der Waals surface area contributed by atoms with Crippen LogP contribution in [0.1, 0.15) is 72.0 Å². The maximum atomic E-state index is 13.1. The van der Waals surface area contributed by atoms with Crippen molar-refractivity contribution >= 4 is 56.4 Å². The summed E-state index contributed by atoms with van der Waals surface area (Å²) in [5.41, 5.74) is 9.44. The van der Waals surface area contributed by atoms with Gasteiger partial charge < -0.3 is 31.3 Å². The molecular weight excluding hydrogens is 514 g/mol. The number of nitrogens with two attached hydrogens (primary N) is 1. The number of nitrogens with one attached hydrogen (secondary N) is 3. The molecule has 0 aliphatic carbocycles. The minimum atomic E-state index is -0.515. The number of hydrogen-bond donors (Lipinski definition) is 4. The van der Waals surface area contributed by atoms with Crippen molar-refractivity contribution < 1.29 is 19.1 Å². The lowest BCUT2D eigenvalue weighted by atomic mass is 9.88. The van der Waals surface area contributed by atoms with E-state index in [1.54, 1.807) is 17.0 Å². The van der Waals surface area contributed by atoms with E-state index < -0.39 is 5.60 Å². The molecule has 2 aromatic carbocycles. The number of likely N-dealkylation sites (tertiary alicyclic amines) is 1. The lowest BCUT2D eigenvalue weighted by Gasteiger charge is -2.34. The Labute approximate surface area is 232 Å². The van der Waals surface area contributed by atoms with Crippen LogP contribution in [-0.2, 0) is 4.74 Å². The van der Waals surface area contributed by atoms with Gasteiger partial charge in [0.25, 0.3) is 11.8 Å². The summed E-state index contributed by atoms with van der Waals surface area (Å²) < 4.78 is 6.44. The number of ether oxygens (including phenoxy) is 1. The molecule has 2 aliphatic rings. The fourth-order valence-corrected chi connectivity index (χ4v) is 6.16. The summed E-state index contributed by atoms with van der Waals surface area (Å²) >= 11 is 1.42. The second-order valence-corrected chi connectivity index (χ2v) is 12.4. The molecule has 2 aliphatic heterocycles. The van der Waals surface area contributed by atoms with E-state index in [2.05, 4.69) is 16.0 Å². The van der Waals surface area contributed by atoms with Gasteiger partial charge in [0.05, 0.1) is 5.69 Å². The fourth-order valence-electron chi connectivity index (χ4n) is 5.10. The smallest absolute Gasteiger partial charge is 0.410 e. The maximum Gasteiger partial charge on any atom is 0.410 e. The molecule has 3 amide bonds. The Bertz CT molecular complexity index is 1440. The number of carbonyl (C=O) groups is 3. The van der Waals surface area contributed by atoms with Crippen molar-refractivity contribution in [1.29, 1.82) is 0 Å². The molecule has 206 valence electrons. The Morgan fingerprint density at radius 1 is 1.13 bits per heavy atom. The average Bonchev–Trinajstić information content (AvgIpc) is 3.18. The largest absolute Gasteiger partial charge is 0.444 e. The number of anilines is 3. The summed E-state index contributed by atoms with van der Waals surface area (Å²) in [5.74, 6) is -0.112. The Balaban J connectivity index is 1.26. The van der Waals surface area contributed by atoms with Gasteiger partial charge in [0.2, 0.25) is 0 Å². The number of thiophene rings is 1. The number of fused-ring (bicyclic) bond motifs is 3. The van der Waals surface area contributed by atoms with E-state index in [1.165, 1.54) is 11.3 Å². The van der Waals surface area contributed by atoms with Crippen LogP contribution >= 0.6 is 11.3 Å². The monoisotopic (exact) mass is 549 g/mol. The fraction of sp³-hybridized carbons (Fsp3) is 0.414. The molecule has 1 saturated heterocycles. The molecule has 1 fully saturated rings. The first-order valence-electron chi connectivity index (χ1n) is 13.3. The van der Waals surface area contributed by atoms with Crippen molar-refractivity contribution in [3.05, 3.63) is 52.4 Å². The van der Waals surface area contributed by atoms with Crippen molar-refractivity contribution in [2.45, 2.75) is 58.1 Å². The third kappa shape index (κ3) is 5.80. The van der Waals surface area contributed by atoms with Gasteiger partial charge in [0.1, 0.15) is 10.5 Å². The maximum absolute atomic E-state index is 13.1. The van der Waals surface area contributed by atoms with Gasteiger partial charge in [-0.15, -0.1) is 11.3 Å². The highest BCUT2D eigenvalue weighted by molar-refractivity contribution is 7.21. The zero-order valence-electron chi connectivity index (χ0n) is 22.7. The summed E-state index contributed by atoms with van der Waals surface area (Å²) in [6, 6.07) is 11.1.